The molecule has 29 heavy (non-hydrogen) atoms. The van der Waals surface area contributed by atoms with Crippen molar-refractivity contribution in [3.8, 4) is 5.75 Å². The van der Waals surface area contributed by atoms with Crippen molar-refractivity contribution in [2.24, 2.45) is 0 Å². The maximum absolute atomic E-state index is 12.7. The lowest BCUT2D eigenvalue weighted by Gasteiger charge is -2.26. The molecule has 156 valence electrons. The third-order valence-electron chi connectivity index (χ3n) is 4.28. The monoisotopic (exact) mass is 425 g/mol. The molecule has 0 aliphatic heterocycles. The van der Waals surface area contributed by atoms with Crippen molar-refractivity contribution in [2.45, 2.75) is 51.9 Å². The van der Waals surface area contributed by atoms with Crippen LogP contribution in [0.25, 0.3) is 0 Å². The van der Waals surface area contributed by atoms with E-state index in [0.29, 0.717) is 5.56 Å². The highest BCUT2D eigenvalue weighted by molar-refractivity contribution is 6.32. The smallest absolute Gasteiger partial charge is 0.416 e. The van der Waals surface area contributed by atoms with Crippen LogP contribution in [0.5, 0.6) is 5.75 Å². The molecule has 1 aliphatic carbocycles. The molecule has 0 atom stereocenters. The first-order valence-electron chi connectivity index (χ1n) is 9.22. The fraction of sp³-hybridized carbons (Fsp3) is 0.381. The summed E-state index contributed by atoms with van der Waals surface area (Å²) in [6, 6.07) is 10.1. The van der Waals surface area contributed by atoms with Gasteiger partial charge in [-0.1, -0.05) is 37.6 Å². The quantitative estimate of drug-likeness (QED) is 0.633. The Morgan fingerprint density at radius 1 is 1.17 bits per heavy atom. The van der Waals surface area contributed by atoms with Gasteiger partial charge in [0, 0.05) is 20.0 Å². The van der Waals surface area contributed by atoms with Crippen LogP contribution in [0.15, 0.2) is 42.5 Å². The van der Waals surface area contributed by atoms with Crippen LogP contribution in [0.2, 0.25) is 5.02 Å². The third kappa shape index (κ3) is 7.00. The molecule has 0 spiro atoms. The van der Waals surface area contributed by atoms with Crippen LogP contribution in [0.4, 0.5) is 13.2 Å². The van der Waals surface area contributed by atoms with Crippen LogP contribution in [-0.2, 0) is 12.8 Å². The topological polar surface area (TPSA) is 38.3 Å². The van der Waals surface area contributed by atoms with Gasteiger partial charge in [0.2, 0.25) is 0 Å². The lowest BCUT2D eigenvalue weighted by molar-refractivity contribution is -0.137. The van der Waals surface area contributed by atoms with E-state index in [9.17, 15) is 18.0 Å². The first kappa shape index (κ1) is 24.9. The molecule has 1 amide bonds. The number of carbonyl (C=O) groups is 1. The molecule has 0 heterocycles. The predicted octanol–water partition coefficient (Wildman–Crippen LogP) is 5.60. The molecule has 2 aromatic carbocycles. The lowest BCUT2D eigenvalue weighted by Crippen LogP contribution is -2.39. The molecular formula is C21H24BClF3NO2. The molecule has 1 aliphatic rings. The van der Waals surface area contributed by atoms with Gasteiger partial charge in [0.05, 0.1) is 10.6 Å². The Labute approximate surface area is 176 Å². The summed E-state index contributed by atoms with van der Waals surface area (Å²) in [5.41, 5.74) is 0.420. The van der Waals surface area contributed by atoms with Gasteiger partial charge in [-0.3, -0.25) is 4.79 Å². The van der Waals surface area contributed by atoms with Crippen molar-refractivity contribution in [1.82, 2.24) is 5.32 Å². The minimum atomic E-state index is -4.45. The Balaban J connectivity index is 0.00000136. The number of alkyl halides is 3. The van der Waals surface area contributed by atoms with E-state index in [1.165, 1.54) is 6.07 Å². The van der Waals surface area contributed by atoms with Crippen molar-refractivity contribution in [3.63, 3.8) is 0 Å². The van der Waals surface area contributed by atoms with Crippen LogP contribution in [-0.4, -0.2) is 20.4 Å². The second kappa shape index (κ2) is 11.1. The summed E-state index contributed by atoms with van der Waals surface area (Å²) in [5, 5.41) is 2.84. The summed E-state index contributed by atoms with van der Waals surface area (Å²) in [5.74, 6) is 0.0214. The lowest BCUT2D eigenvalue weighted by atomic mass is 9.93. The molecule has 8 heteroatoms. The van der Waals surface area contributed by atoms with E-state index in [4.69, 9.17) is 16.3 Å². The second-order valence-electron chi connectivity index (χ2n) is 6.23. The van der Waals surface area contributed by atoms with Gasteiger partial charge in [0.15, 0.2) is 0 Å². The SMILES string of the molecule is CC.O=C(NC1CCC1)c1cccc(COc2ccc(C(F)(F)F)cc2Cl)c1.[BH]. The fourth-order valence-corrected chi connectivity index (χ4v) is 2.81. The molecule has 0 aromatic heterocycles. The molecule has 1 fully saturated rings. The van der Waals surface area contributed by atoms with Crippen LogP contribution in [0, 0.1) is 0 Å². The maximum Gasteiger partial charge on any atom is 0.416 e. The molecule has 0 bridgehead atoms. The first-order valence-corrected chi connectivity index (χ1v) is 9.60. The van der Waals surface area contributed by atoms with Crippen LogP contribution in [0.1, 0.15) is 54.6 Å². The molecule has 0 unspecified atom stereocenters. The Bertz CT molecular complexity index is 811. The highest BCUT2D eigenvalue weighted by Crippen LogP contribution is 2.35. The number of amides is 1. The highest BCUT2D eigenvalue weighted by atomic mass is 35.5. The summed E-state index contributed by atoms with van der Waals surface area (Å²) >= 11 is 5.87. The van der Waals surface area contributed by atoms with Crippen molar-refractivity contribution in [2.75, 3.05) is 0 Å². The minimum absolute atomic E-state index is 0. The van der Waals surface area contributed by atoms with E-state index in [1.807, 2.05) is 13.8 Å². The Morgan fingerprint density at radius 3 is 2.41 bits per heavy atom. The molecule has 3 nitrogen and oxygen atoms in total. The Morgan fingerprint density at radius 2 is 1.86 bits per heavy atom. The van der Waals surface area contributed by atoms with Crippen molar-refractivity contribution in [1.29, 1.82) is 0 Å². The zero-order valence-corrected chi connectivity index (χ0v) is 17.2. The van der Waals surface area contributed by atoms with Crippen LogP contribution < -0.4 is 10.1 Å². The number of benzene rings is 2. The third-order valence-corrected chi connectivity index (χ3v) is 4.58. The van der Waals surface area contributed by atoms with Crippen molar-refractivity contribution in [3.05, 3.63) is 64.2 Å². The number of ether oxygens (including phenoxy) is 1. The van der Waals surface area contributed by atoms with E-state index < -0.39 is 11.7 Å². The van der Waals surface area contributed by atoms with Gasteiger partial charge >= 0.3 is 6.18 Å². The molecule has 0 saturated heterocycles. The van der Waals surface area contributed by atoms with E-state index in [-0.39, 0.29) is 37.7 Å². The Hall–Kier alpha value is -2.15. The van der Waals surface area contributed by atoms with E-state index in [1.54, 1.807) is 24.3 Å². The van der Waals surface area contributed by atoms with Gasteiger partial charge in [0.25, 0.3) is 5.91 Å². The summed E-state index contributed by atoms with van der Waals surface area (Å²) < 4.78 is 43.5. The molecule has 2 radical (unpaired) electrons. The van der Waals surface area contributed by atoms with Gasteiger partial charge in [0.1, 0.15) is 12.4 Å². The second-order valence-corrected chi connectivity index (χ2v) is 6.64. The predicted molar refractivity (Wildman–Crippen MR) is 111 cm³/mol. The molecule has 3 rings (SSSR count). The van der Waals surface area contributed by atoms with E-state index in [2.05, 4.69) is 5.32 Å². The normalized spacial score (nSPS) is 13.3. The molecular weight excluding hydrogens is 401 g/mol. The largest absolute Gasteiger partial charge is 0.487 e. The van der Waals surface area contributed by atoms with Gasteiger partial charge in [-0.15, -0.1) is 0 Å². The number of hydrogen-bond donors (Lipinski definition) is 1. The number of rotatable bonds is 5. The van der Waals surface area contributed by atoms with Gasteiger partial charge in [-0.2, -0.15) is 13.2 Å². The Kier molecular flexibility index (Phi) is 9.57. The summed E-state index contributed by atoms with van der Waals surface area (Å²) in [6.45, 7) is 4.09. The average molecular weight is 426 g/mol. The van der Waals surface area contributed by atoms with Gasteiger partial charge < -0.3 is 10.1 Å². The van der Waals surface area contributed by atoms with Crippen molar-refractivity contribution >= 4 is 25.9 Å². The number of carbonyl (C=O) groups excluding carboxylic acids is 1. The average Bonchev–Trinajstić information content (AvgIpc) is 2.64. The summed E-state index contributed by atoms with van der Waals surface area (Å²) in [7, 11) is 0. The maximum atomic E-state index is 12.7. The standard InChI is InChI=1S/C19H17ClF3NO2.C2H6.BH/c20-16-10-14(19(21,22)23)7-8-17(16)26-11-12-3-1-4-13(9-12)18(25)24-15-5-2-6-15;1-2;/h1,3-4,7-10,15H,2,5-6,11H2,(H,24,25);1-2H3;1H. The van der Waals surface area contributed by atoms with Crippen LogP contribution >= 0.6 is 11.6 Å². The molecule has 1 N–H and O–H groups in total. The summed E-state index contributed by atoms with van der Waals surface area (Å²) in [4.78, 5) is 12.2. The van der Waals surface area contributed by atoms with E-state index >= 15 is 0 Å². The number of nitrogens with one attached hydrogen (secondary N) is 1. The van der Waals surface area contributed by atoms with Crippen LogP contribution in [0.3, 0.4) is 0 Å². The summed E-state index contributed by atoms with van der Waals surface area (Å²) in [6.07, 6.45) is -1.32. The first-order chi connectivity index (χ1) is 13.3. The van der Waals surface area contributed by atoms with Crippen molar-refractivity contribution < 1.29 is 22.7 Å². The number of hydrogen-bond acceptors (Lipinski definition) is 2. The zero-order valence-electron chi connectivity index (χ0n) is 16.5. The van der Waals surface area contributed by atoms with E-state index in [0.717, 1.165) is 37.0 Å². The number of halogens is 4. The molecule has 2 aromatic rings. The highest BCUT2D eigenvalue weighted by Gasteiger charge is 2.31. The minimum Gasteiger partial charge on any atom is -0.487 e. The van der Waals surface area contributed by atoms with Gasteiger partial charge in [-0.25, -0.2) is 0 Å². The molecule has 1 saturated carbocycles. The zero-order chi connectivity index (χ0) is 20.7. The van der Waals surface area contributed by atoms with Gasteiger partial charge in [-0.05, 0) is 55.2 Å². The fourth-order valence-electron chi connectivity index (χ4n) is 2.58.